The van der Waals surface area contributed by atoms with Crippen LogP contribution in [0.15, 0.2) is 91.1 Å². The molecule has 1 N–H and O–H groups in total. The van der Waals surface area contributed by atoms with E-state index in [-0.39, 0.29) is 19.1 Å². The number of aromatic nitrogens is 3. The summed E-state index contributed by atoms with van der Waals surface area (Å²) in [5.41, 5.74) is 4.45. The van der Waals surface area contributed by atoms with Gasteiger partial charge in [-0.05, 0) is 93.0 Å². The molecule has 0 aliphatic carbocycles. The van der Waals surface area contributed by atoms with Gasteiger partial charge in [-0.15, -0.1) is 5.10 Å². The minimum absolute atomic E-state index is 0.0627. The van der Waals surface area contributed by atoms with Crippen molar-refractivity contribution in [3.8, 4) is 5.75 Å². The lowest BCUT2D eigenvalue weighted by Gasteiger charge is -2.25. The van der Waals surface area contributed by atoms with Crippen molar-refractivity contribution in [2.24, 2.45) is 5.41 Å². The van der Waals surface area contributed by atoms with Crippen LogP contribution < -0.4 is 4.74 Å². The molecule has 0 aliphatic heterocycles. The fraction of sp³-hybridized carbons (Fsp3) is 0.462. The number of unbranched alkanes of at least 4 members (excludes halogenated alkanes) is 1. The predicted octanol–water partition coefficient (Wildman–Crippen LogP) is 7.93. The van der Waals surface area contributed by atoms with Crippen molar-refractivity contribution in [1.82, 2.24) is 15.0 Å². The molecule has 3 aromatic carbocycles. The van der Waals surface area contributed by atoms with Gasteiger partial charge in [0.25, 0.3) is 0 Å². The number of aliphatic hydroxyl groups excluding tert-OH is 1. The van der Waals surface area contributed by atoms with Crippen LogP contribution in [0.1, 0.15) is 94.0 Å². The molecule has 7 nitrogen and oxygen atoms in total. The van der Waals surface area contributed by atoms with Crippen molar-refractivity contribution in [3.63, 3.8) is 0 Å². The third-order valence-corrected chi connectivity index (χ3v) is 8.98. The smallest absolute Gasteiger partial charge is 0.311 e. The standard InChI is InChI=1S/C39H51N3O4/c1-5-39(3,4)38(44)46-29-35(43)28-42-27-34(40-41-42)20-14-26-45-36-24-22-31(23-25-36)15-12-13-21-37(33-18-10-7-11-19-33)30(2)32-16-8-6-9-17-32/h6-11,16-19,22-25,27,30,35,37,43H,5,12-15,20-21,26,28-29H2,1-4H3. The summed E-state index contributed by atoms with van der Waals surface area (Å²) < 4.78 is 12.8. The third-order valence-electron chi connectivity index (χ3n) is 8.98. The monoisotopic (exact) mass is 625 g/mol. The summed E-state index contributed by atoms with van der Waals surface area (Å²) >= 11 is 0. The van der Waals surface area contributed by atoms with Crippen LogP contribution in [0.3, 0.4) is 0 Å². The first kappa shape index (κ1) is 34.9. The van der Waals surface area contributed by atoms with Gasteiger partial charge in [-0.3, -0.25) is 4.79 Å². The summed E-state index contributed by atoms with van der Waals surface area (Å²) in [6, 6.07) is 30.3. The van der Waals surface area contributed by atoms with E-state index in [9.17, 15) is 9.90 Å². The van der Waals surface area contributed by atoms with Crippen molar-refractivity contribution in [1.29, 1.82) is 0 Å². The maximum Gasteiger partial charge on any atom is 0.311 e. The molecule has 46 heavy (non-hydrogen) atoms. The Morgan fingerprint density at radius 2 is 1.57 bits per heavy atom. The van der Waals surface area contributed by atoms with Gasteiger partial charge in [0.1, 0.15) is 18.5 Å². The number of nitrogens with zero attached hydrogens (tertiary/aromatic N) is 3. The van der Waals surface area contributed by atoms with Gasteiger partial charge in [0.2, 0.25) is 0 Å². The first-order valence-corrected chi connectivity index (χ1v) is 16.8. The van der Waals surface area contributed by atoms with Gasteiger partial charge in [0.15, 0.2) is 0 Å². The van der Waals surface area contributed by atoms with Crippen LogP contribution in [-0.4, -0.2) is 45.4 Å². The van der Waals surface area contributed by atoms with E-state index in [0.29, 0.717) is 24.9 Å². The topological polar surface area (TPSA) is 86.5 Å². The average Bonchev–Trinajstić information content (AvgIpc) is 3.53. The number of aliphatic hydroxyl groups is 1. The van der Waals surface area contributed by atoms with Gasteiger partial charge in [-0.1, -0.05) is 98.3 Å². The van der Waals surface area contributed by atoms with E-state index in [1.807, 2.05) is 27.0 Å². The summed E-state index contributed by atoms with van der Waals surface area (Å²) in [5.74, 6) is 1.54. The molecule has 246 valence electrons. The number of benzene rings is 3. The Bertz CT molecular complexity index is 1440. The van der Waals surface area contributed by atoms with E-state index in [1.165, 1.54) is 29.5 Å². The maximum absolute atomic E-state index is 12.1. The van der Waals surface area contributed by atoms with E-state index in [0.717, 1.165) is 37.1 Å². The van der Waals surface area contributed by atoms with Crippen LogP contribution in [0.2, 0.25) is 0 Å². The van der Waals surface area contributed by atoms with Crippen LogP contribution in [-0.2, 0) is 28.9 Å². The highest BCUT2D eigenvalue weighted by molar-refractivity contribution is 5.75. The second-order valence-corrected chi connectivity index (χ2v) is 13.0. The van der Waals surface area contributed by atoms with Crippen molar-refractivity contribution >= 4 is 5.97 Å². The molecule has 0 fully saturated rings. The van der Waals surface area contributed by atoms with E-state index in [1.54, 1.807) is 4.68 Å². The van der Waals surface area contributed by atoms with Gasteiger partial charge in [-0.25, -0.2) is 4.68 Å². The third kappa shape index (κ3) is 10.8. The first-order valence-electron chi connectivity index (χ1n) is 16.8. The normalized spacial score (nSPS) is 13.6. The quantitative estimate of drug-likeness (QED) is 0.0841. The Labute approximate surface area is 275 Å². The van der Waals surface area contributed by atoms with Gasteiger partial charge in [0.05, 0.1) is 24.3 Å². The van der Waals surface area contributed by atoms with Gasteiger partial charge >= 0.3 is 5.97 Å². The molecule has 3 unspecified atom stereocenters. The fourth-order valence-corrected chi connectivity index (χ4v) is 5.61. The highest BCUT2D eigenvalue weighted by Gasteiger charge is 2.27. The minimum atomic E-state index is -0.841. The average molecular weight is 626 g/mol. The van der Waals surface area contributed by atoms with Gasteiger partial charge in [-0.2, -0.15) is 0 Å². The summed E-state index contributed by atoms with van der Waals surface area (Å²) in [6.07, 6.45) is 7.75. The molecule has 3 atom stereocenters. The number of esters is 1. The van der Waals surface area contributed by atoms with E-state index in [4.69, 9.17) is 9.47 Å². The molecule has 0 aliphatic rings. The second-order valence-electron chi connectivity index (χ2n) is 13.0. The molecule has 4 aromatic rings. The number of ether oxygens (including phenoxy) is 2. The Balaban J connectivity index is 1.13. The lowest BCUT2D eigenvalue weighted by molar-refractivity contribution is -0.157. The summed E-state index contributed by atoms with van der Waals surface area (Å²) in [5, 5.41) is 18.6. The predicted molar refractivity (Wildman–Crippen MR) is 183 cm³/mol. The molecule has 0 bridgehead atoms. The summed E-state index contributed by atoms with van der Waals surface area (Å²) in [4.78, 5) is 12.1. The summed E-state index contributed by atoms with van der Waals surface area (Å²) in [6.45, 7) is 8.71. The molecule has 0 saturated heterocycles. The van der Waals surface area contributed by atoms with Crippen LogP contribution in [0, 0.1) is 5.41 Å². The Morgan fingerprint density at radius 3 is 2.24 bits per heavy atom. The molecule has 1 heterocycles. The molecular weight excluding hydrogens is 574 g/mol. The van der Waals surface area contributed by atoms with E-state index in [2.05, 4.69) is 102 Å². The SMILES string of the molecule is CCC(C)(C)C(=O)OCC(O)Cn1cc(CCCOc2ccc(CCCCC(c3ccccc3)C(C)c3ccccc3)cc2)nn1. The zero-order valence-electron chi connectivity index (χ0n) is 28.0. The van der Waals surface area contributed by atoms with Crippen molar-refractivity contribution < 1.29 is 19.4 Å². The molecule has 0 radical (unpaired) electrons. The molecule has 7 heteroatoms. The van der Waals surface area contributed by atoms with E-state index < -0.39 is 11.5 Å². The maximum atomic E-state index is 12.1. The molecule has 1 aromatic heterocycles. The minimum Gasteiger partial charge on any atom is -0.494 e. The number of carbonyl (C=O) groups is 1. The van der Waals surface area contributed by atoms with E-state index >= 15 is 0 Å². The zero-order valence-corrected chi connectivity index (χ0v) is 28.0. The number of carbonyl (C=O) groups excluding carboxylic acids is 1. The largest absolute Gasteiger partial charge is 0.494 e. The number of rotatable bonds is 19. The second kappa shape index (κ2) is 17.7. The summed E-state index contributed by atoms with van der Waals surface area (Å²) in [7, 11) is 0. The first-order chi connectivity index (χ1) is 22.2. The Hall–Kier alpha value is -3.97. The van der Waals surface area contributed by atoms with Crippen molar-refractivity contribution in [3.05, 3.63) is 114 Å². The lowest BCUT2D eigenvalue weighted by atomic mass is 9.79. The van der Waals surface area contributed by atoms with Crippen LogP contribution in [0.4, 0.5) is 0 Å². The van der Waals surface area contributed by atoms with Crippen molar-refractivity contribution in [2.45, 2.75) is 97.1 Å². The Kier molecular flexibility index (Phi) is 13.4. The van der Waals surface area contributed by atoms with Gasteiger partial charge in [0, 0.05) is 6.20 Å². The molecule has 0 amide bonds. The zero-order chi connectivity index (χ0) is 32.8. The number of aryl methyl sites for hydroxylation is 2. The van der Waals surface area contributed by atoms with Crippen LogP contribution >= 0.6 is 0 Å². The number of hydrogen-bond acceptors (Lipinski definition) is 6. The van der Waals surface area contributed by atoms with Gasteiger partial charge < -0.3 is 14.6 Å². The Morgan fingerprint density at radius 1 is 0.891 bits per heavy atom. The molecule has 4 rings (SSSR count). The van der Waals surface area contributed by atoms with Crippen LogP contribution in [0.25, 0.3) is 0 Å². The number of hydrogen-bond donors (Lipinski definition) is 1. The van der Waals surface area contributed by atoms with Crippen LogP contribution in [0.5, 0.6) is 5.75 Å². The molecule has 0 spiro atoms. The fourth-order valence-electron chi connectivity index (χ4n) is 5.61. The molecule has 0 saturated carbocycles. The van der Waals surface area contributed by atoms with Crippen molar-refractivity contribution in [2.75, 3.05) is 13.2 Å². The lowest BCUT2D eigenvalue weighted by Crippen LogP contribution is -2.30. The highest BCUT2D eigenvalue weighted by atomic mass is 16.5. The molecular formula is C39H51N3O4. The highest BCUT2D eigenvalue weighted by Crippen LogP contribution is 2.36.